The van der Waals surface area contributed by atoms with Crippen LogP contribution in [-0.4, -0.2) is 19.6 Å². The third-order valence-corrected chi connectivity index (χ3v) is 2.14. The van der Waals surface area contributed by atoms with Crippen molar-refractivity contribution in [2.75, 3.05) is 19.6 Å². The van der Waals surface area contributed by atoms with Gasteiger partial charge in [0.25, 0.3) is 0 Å². The van der Waals surface area contributed by atoms with Crippen molar-refractivity contribution >= 4 is 0 Å². The Hall–Kier alpha value is -1.00. The van der Waals surface area contributed by atoms with Gasteiger partial charge in [0.2, 0.25) is 0 Å². The van der Waals surface area contributed by atoms with Crippen molar-refractivity contribution in [1.29, 1.82) is 0 Å². The summed E-state index contributed by atoms with van der Waals surface area (Å²) < 4.78 is 25.9. The van der Waals surface area contributed by atoms with Gasteiger partial charge < -0.3 is 11.1 Å². The molecule has 0 unspecified atom stereocenters. The molecule has 15 heavy (non-hydrogen) atoms. The van der Waals surface area contributed by atoms with Crippen LogP contribution >= 0.6 is 0 Å². The van der Waals surface area contributed by atoms with E-state index in [2.05, 4.69) is 5.32 Å². The Morgan fingerprint density at radius 2 is 2.00 bits per heavy atom. The zero-order valence-electron chi connectivity index (χ0n) is 8.60. The topological polar surface area (TPSA) is 38.0 Å². The van der Waals surface area contributed by atoms with Crippen LogP contribution in [0, 0.1) is 11.6 Å². The van der Waals surface area contributed by atoms with Gasteiger partial charge in [0, 0.05) is 0 Å². The van der Waals surface area contributed by atoms with Gasteiger partial charge in [0.1, 0.15) is 11.6 Å². The second kappa shape index (κ2) is 6.48. The van der Waals surface area contributed by atoms with Gasteiger partial charge in [0.05, 0.1) is 0 Å². The van der Waals surface area contributed by atoms with E-state index in [1.807, 2.05) is 0 Å². The lowest BCUT2D eigenvalue weighted by Gasteiger charge is -2.05. The number of nitrogens with one attached hydrogen (secondary N) is 1. The smallest absolute Gasteiger partial charge is 0.126 e. The molecule has 0 aromatic heterocycles. The molecule has 0 spiro atoms. The van der Waals surface area contributed by atoms with Crippen LogP contribution in [0.25, 0.3) is 0 Å². The minimum Gasteiger partial charge on any atom is -0.330 e. The van der Waals surface area contributed by atoms with Crippen molar-refractivity contribution in [2.45, 2.75) is 12.8 Å². The summed E-state index contributed by atoms with van der Waals surface area (Å²) in [5, 5.41) is 3.11. The summed E-state index contributed by atoms with van der Waals surface area (Å²) in [5.74, 6) is -0.745. The highest BCUT2D eigenvalue weighted by Crippen LogP contribution is 2.09. The van der Waals surface area contributed by atoms with Crippen molar-refractivity contribution in [2.24, 2.45) is 5.73 Å². The number of nitrogens with two attached hydrogens (primary N) is 1. The molecule has 84 valence electrons. The fourth-order valence-corrected chi connectivity index (χ4v) is 1.31. The zero-order chi connectivity index (χ0) is 11.1. The summed E-state index contributed by atoms with van der Waals surface area (Å²) in [4.78, 5) is 0. The predicted molar refractivity (Wildman–Crippen MR) is 56.6 cm³/mol. The Morgan fingerprint density at radius 1 is 1.20 bits per heavy atom. The minimum atomic E-state index is -0.395. The highest BCUT2D eigenvalue weighted by atomic mass is 19.1. The summed E-state index contributed by atoms with van der Waals surface area (Å²) >= 11 is 0. The second-order valence-corrected chi connectivity index (χ2v) is 3.38. The third-order valence-electron chi connectivity index (χ3n) is 2.14. The lowest BCUT2D eigenvalue weighted by Crippen LogP contribution is -2.21. The van der Waals surface area contributed by atoms with E-state index in [0.717, 1.165) is 25.1 Å². The lowest BCUT2D eigenvalue weighted by atomic mass is 10.1. The van der Waals surface area contributed by atoms with Gasteiger partial charge in [-0.2, -0.15) is 0 Å². The van der Waals surface area contributed by atoms with Crippen molar-refractivity contribution < 1.29 is 8.78 Å². The Balaban J connectivity index is 2.33. The summed E-state index contributed by atoms with van der Waals surface area (Å²) in [5.41, 5.74) is 5.73. The highest BCUT2D eigenvalue weighted by Gasteiger charge is 2.02. The van der Waals surface area contributed by atoms with Gasteiger partial charge in [-0.15, -0.1) is 0 Å². The fraction of sp³-hybridized carbons (Fsp3) is 0.455. The Kier molecular flexibility index (Phi) is 5.21. The fourth-order valence-electron chi connectivity index (χ4n) is 1.31. The van der Waals surface area contributed by atoms with E-state index in [1.165, 1.54) is 6.07 Å². The predicted octanol–water partition coefficient (Wildman–Crippen LogP) is 1.45. The molecule has 0 saturated carbocycles. The zero-order valence-corrected chi connectivity index (χ0v) is 8.60. The monoisotopic (exact) mass is 214 g/mol. The van der Waals surface area contributed by atoms with Crippen LogP contribution in [0.15, 0.2) is 18.2 Å². The minimum absolute atomic E-state index is 0.350. The van der Waals surface area contributed by atoms with E-state index < -0.39 is 5.82 Å². The van der Waals surface area contributed by atoms with Crippen LogP contribution in [0.5, 0.6) is 0 Å². The summed E-state index contributed by atoms with van der Waals surface area (Å²) in [6, 6.07) is 3.52. The molecule has 1 aromatic rings. The molecule has 0 heterocycles. The molecule has 4 heteroatoms. The summed E-state index contributed by atoms with van der Waals surface area (Å²) in [6.07, 6.45) is 1.39. The third kappa shape index (κ3) is 4.36. The van der Waals surface area contributed by atoms with Gasteiger partial charge in [-0.05, 0) is 56.2 Å². The first-order valence-corrected chi connectivity index (χ1v) is 5.08. The molecule has 0 atom stereocenters. The Labute approximate surface area is 88.5 Å². The average molecular weight is 214 g/mol. The molecule has 0 fully saturated rings. The molecule has 1 aromatic carbocycles. The quantitative estimate of drug-likeness (QED) is 0.703. The van der Waals surface area contributed by atoms with E-state index in [-0.39, 0.29) is 5.82 Å². The van der Waals surface area contributed by atoms with Crippen molar-refractivity contribution in [3.63, 3.8) is 0 Å². The van der Waals surface area contributed by atoms with Crippen molar-refractivity contribution in [3.05, 3.63) is 35.4 Å². The average Bonchev–Trinajstić information content (AvgIpc) is 2.23. The van der Waals surface area contributed by atoms with Gasteiger partial charge in [-0.25, -0.2) is 8.78 Å². The van der Waals surface area contributed by atoms with Crippen LogP contribution in [0.3, 0.4) is 0 Å². The highest BCUT2D eigenvalue weighted by molar-refractivity contribution is 5.18. The van der Waals surface area contributed by atoms with Crippen LogP contribution in [0.4, 0.5) is 8.78 Å². The van der Waals surface area contributed by atoms with Gasteiger partial charge >= 0.3 is 0 Å². The first-order chi connectivity index (χ1) is 7.24. The maximum atomic E-state index is 13.1. The number of hydrogen-bond acceptors (Lipinski definition) is 2. The molecular formula is C11H16F2N2. The molecule has 0 radical (unpaired) electrons. The molecule has 1 rings (SSSR count). The first kappa shape index (κ1) is 12.1. The number of halogens is 2. The van der Waals surface area contributed by atoms with E-state index in [0.29, 0.717) is 25.1 Å². The first-order valence-electron chi connectivity index (χ1n) is 5.08. The van der Waals surface area contributed by atoms with E-state index in [4.69, 9.17) is 5.73 Å². The van der Waals surface area contributed by atoms with E-state index in [1.54, 1.807) is 0 Å². The molecule has 0 amide bonds. The van der Waals surface area contributed by atoms with Crippen molar-refractivity contribution in [1.82, 2.24) is 5.32 Å². The SMILES string of the molecule is NCCCNCCc1cc(F)ccc1F. The maximum absolute atomic E-state index is 13.1. The van der Waals surface area contributed by atoms with Crippen LogP contribution in [0.2, 0.25) is 0 Å². The molecule has 0 aliphatic rings. The molecule has 3 N–H and O–H groups in total. The van der Waals surface area contributed by atoms with E-state index in [9.17, 15) is 8.78 Å². The molecule has 0 saturated heterocycles. The van der Waals surface area contributed by atoms with Gasteiger partial charge in [-0.3, -0.25) is 0 Å². The van der Waals surface area contributed by atoms with Crippen LogP contribution < -0.4 is 11.1 Å². The largest absolute Gasteiger partial charge is 0.330 e. The van der Waals surface area contributed by atoms with Crippen LogP contribution in [0.1, 0.15) is 12.0 Å². The molecule has 0 aliphatic heterocycles. The molecular weight excluding hydrogens is 198 g/mol. The lowest BCUT2D eigenvalue weighted by molar-refractivity contribution is 0.575. The molecule has 0 bridgehead atoms. The Bertz CT molecular complexity index is 303. The summed E-state index contributed by atoms with van der Waals surface area (Å²) in [7, 11) is 0. The van der Waals surface area contributed by atoms with Crippen LogP contribution in [-0.2, 0) is 6.42 Å². The van der Waals surface area contributed by atoms with Crippen molar-refractivity contribution in [3.8, 4) is 0 Å². The molecule has 2 nitrogen and oxygen atoms in total. The number of rotatable bonds is 6. The standard InChI is InChI=1S/C11H16F2N2/c12-10-2-3-11(13)9(8-10)4-7-15-6-1-5-14/h2-3,8,15H,1,4-7,14H2. The normalized spacial score (nSPS) is 10.6. The number of benzene rings is 1. The molecule has 0 aliphatic carbocycles. The maximum Gasteiger partial charge on any atom is 0.126 e. The summed E-state index contributed by atoms with van der Waals surface area (Å²) in [6.45, 7) is 2.09. The van der Waals surface area contributed by atoms with Gasteiger partial charge in [0.15, 0.2) is 0 Å². The van der Waals surface area contributed by atoms with E-state index >= 15 is 0 Å². The Morgan fingerprint density at radius 3 is 2.73 bits per heavy atom. The number of hydrogen-bond donors (Lipinski definition) is 2. The second-order valence-electron chi connectivity index (χ2n) is 3.38. The van der Waals surface area contributed by atoms with Gasteiger partial charge in [-0.1, -0.05) is 0 Å².